The van der Waals surface area contributed by atoms with Crippen LogP contribution in [0.3, 0.4) is 0 Å². The second-order valence-electron chi connectivity index (χ2n) is 8.79. The molecule has 28 heavy (non-hydrogen) atoms. The van der Waals surface area contributed by atoms with E-state index in [1.807, 2.05) is 45.0 Å². The van der Waals surface area contributed by atoms with Crippen molar-refractivity contribution >= 4 is 28.8 Å². The molecule has 2 heterocycles. The van der Waals surface area contributed by atoms with Gasteiger partial charge in [0.15, 0.2) is 11.6 Å². The summed E-state index contributed by atoms with van der Waals surface area (Å²) in [4.78, 5) is 23.9. The van der Waals surface area contributed by atoms with Crippen LogP contribution in [0.5, 0.6) is 0 Å². The van der Waals surface area contributed by atoms with Crippen LogP contribution in [0.1, 0.15) is 40.0 Å². The van der Waals surface area contributed by atoms with Crippen molar-refractivity contribution in [2.24, 2.45) is 5.92 Å². The van der Waals surface area contributed by atoms with E-state index in [-0.39, 0.29) is 6.09 Å². The third-order valence-corrected chi connectivity index (χ3v) is 4.99. The molecule has 1 aromatic heterocycles. The number of fused-ring (bicyclic) bond motifs is 1. The molecule has 1 saturated carbocycles. The number of rotatable bonds is 5. The molecule has 150 valence electrons. The van der Waals surface area contributed by atoms with Gasteiger partial charge in [-0.05, 0) is 58.1 Å². The number of hydrogen-bond donors (Lipinski definition) is 2. The van der Waals surface area contributed by atoms with Gasteiger partial charge in [0.1, 0.15) is 5.60 Å². The smallest absolute Gasteiger partial charge is 0.407 e. The first-order valence-electron chi connectivity index (χ1n) is 10.1. The van der Waals surface area contributed by atoms with Crippen LogP contribution in [-0.2, 0) is 4.74 Å². The summed E-state index contributed by atoms with van der Waals surface area (Å²) >= 11 is 0. The van der Waals surface area contributed by atoms with E-state index in [0.29, 0.717) is 18.5 Å². The Hall–Kier alpha value is -2.57. The number of anilines is 2. The number of hydrogen-bond acceptors (Lipinski definition) is 6. The highest BCUT2D eigenvalue weighted by molar-refractivity contribution is 5.80. The van der Waals surface area contributed by atoms with Gasteiger partial charge in [-0.15, -0.1) is 0 Å². The van der Waals surface area contributed by atoms with Crippen molar-refractivity contribution in [1.82, 2.24) is 15.3 Å². The zero-order valence-electron chi connectivity index (χ0n) is 16.9. The van der Waals surface area contributed by atoms with Crippen LogP contribution >= 0.6 is 0 Å². The van der Waals surface area contributed by atoms with E-state index in [2.05, 4.69) is 15.5 Å². The SMILES string of the molecule is CC(C)(C)OC(=O)NC[C@H]1CCN(c2nc3ccccc3nc2NC2CC2)C1. The Labute approximate surface area is 165 Å². The number of aromatic nitrogens is 2. The zero-order chi connectivity index (χ0) is 19.7. The molecule has 1 aromatic carbocycles. The van der Waals surface area contributed by atoms with Crippen LogP contribution in [0.4, 0.5) is 16.4 Å². The van der Waals surface area contributed by atoms with Crippen molar-refractivity contribution < 1.29 is 9.53 Å². The Morgan fingerprint density at radius 2 is 1.89 bits per heavy atom. The number of carbonyl (C=O) groups excluding carboxylic acids is 1. The van der Waals surface area contributed by atoms with Crippen molar-refractivity contribution in [2.75, 3.05) is 29.9 Å². The Morgan fingerprint density at radius 3 is 2.57 bits per heavy atom. The molecular formula is C21H29N5O2. The molecule has 1 atom stereocenters. The van der Waals surface area contributed by atoms with Crippen LogP contribution in [0.25, 0.3) is 11.0 Å². The molecule has 7 nitrogen and oxygen atoms in total. The lowest BCUT2D eigenvalue weighted by molar-refractivity contribution is 0.0520. The minimum atomic E-state index is -0.476. The van der Waals surface area contributed by atoms with Gasteiger partial charge in [0.2, 0.25) is 0 Å². The average Bonchev–Trinajstić information content (AvgIpc) is 3.32. The van der Waals surface area contributed by atoms with Crippen molar-refractivity contribution in [2.45, 2.75) is 51.7 Å². The molecule has 0 spiro atoms. The minimum Gasteiger partial charge on any atom is -0.444 e. The fourth-order valence-electron chi connectivity index (χ4n) is 3.46. The number of nitrogens with one attached hydrogen (secondary N) is 2. The molecule has 0 unspecified atom stereocenters. The van der Waals surface area contributed by atoms with Crippen molar-refractivity contribution in [1.29, 1.82) is 0 Å². The molecule has 2 aliphatic rings. The van der Waals surface area contributed by atoms with Crippen LogP contribution < -0.4 is 15.5 Å². The Balaban J connectivity index is 1.44. The van der Waals surface area contributed by atoms with Gasteiger partial charge in [-0.25, -0.2) is 14.8 Å². The Morgan fingerprint density at radius 1 is 1.18 bits per heavy atom. The number of benzene rings is 1. The zero-order valence-corrected chi connectivity index (χ0v) is 16.9. The second kappa shape index (κ2) is 7.45. The van der Waals surface area contributed by atoms with Gasteiger partial charge < -0.3 is 20.3 Å². The first kappa shape index (κ1) is 18.8. The van der Waals surface area contributed by atoms with Crippen LogP contribution in [0, 0.1) is 5.92 Å². The van der Waals surface area contributed by atoms with Crippen molar-refractivity contribution in [3.05, 3.63) is 24.3 Å². The number of amides is 1. The maximum atomic E-state index is 11.9. The minimum absolute atomic E-state index is 0.354. The molecule has 1 aliphatic heterocycles. The van der Waals surface area contributed by atoms with Crippen LogP contribution in [0.2, 0.25) is 0 Å². The van der Waals surface area contributed by atoms with Gasteiger partial charge in [-0.1, -0.05) is 12.1 Å². The maximum Gasteiger partial charge on any atom is 0.407 e. The molecule has 1 saturated heterocycles. The lowest BCUT2D eigenvalue weighted by Gasteiger charge is -2.22. The van der Waals surface area contributed by atoms with E-state index in [9.17, 15) is 4.79 Å². The highest BCUT2D eigenvalue weighted by atomic mass is 16.6. The third-order valence-electron chi connectivity index (χ3n) is 4.99. The third kappa shape index (κ3) is 4.64. The van der Waals surface area contributed by atoms with E-state index in [0.717, 1.165) is 42.2 Å². The molecule has 2 fully saturated rings. The Kier molecular flexibility index (Phi) is 5.00. The van der Waals surface area contributed by atoms with Crippen LogP contribution in [0.15, 0.2) is 24.3 Å². The molecule has 2 aromatic rings. The standard InChI is InChI=1S/C21H29N5O2/c1-21(2,3)28-20(27)22-12-14-10-11-26(13-14)19-18(23-15-8-9-15)24-16-6-4-5-7-17(16)25-19/h4-7,14-15H,8-13H2,1-3H3,(H,22,27)(H,23,24)/t14-/m1/s1. The molecule has 1 amide bonds. The fourth-order valence-corrected chi connectivity index (χ4v) is 3.46. The number of ether oxygens (including phenoxy) is 1. The topological polar surface area (TPSA) is 79.4 Å². The summed E-state index contributed by atoms with van der Waals surface area (Å²) in [5.74, 6) is 2.17. The highest BCUT2D eigenvalue weighted by Crippen LogP contribution is 2.33. The predicted octanol–water partition coefficient (Wildman–Crippen LogP) is 3.56. The van der Waals surface area contributed by atoms with Gasteiger partial charge in [0.05, 0.1) is 11.0 Å². The summed E-state index contributed by atoms with van der Waals surface area (Å²) in [5, 5.41) is 6.44. The van der Waals surface area contributed by atoms with E-state index in [4.69, 9.17) is 14.7 Å². The predicted molar refractivity (Wildman–Crippen MR) is 111 cm³/mol. The van der Waals surface area contributed by atoms with Gasteiger partial charge in [-0.2, -0.15) is 0 Å². The summed E-state index contributed by atoms with van der Waals surface area (Å²) in [5.41, 5.74) is 1.35. The monoisotopic (exact) mass is 383 g/mol. The summed E-state index contributed by atoms with van der Waals surface area (Å²) in [6.07, 6.45) is 3.03. The average molecular weight is 383 g/mol. The summed E-state index contributed by atoms with van der Waals surface area (Å²) in [6, 6.07) is 8.51. The van der Waals surface area contributed by atoms with Gasteiger partial charge >= 0.3 is 6.09 Å². The fraction of sp³-hybridized carbons (Fsp3) is 0.571. The maximum absolute atomic E-state index is 11.9. The van der Waals surface area contributed by atoms with E-state index in [1.54, 1.807) is 0 Å². The summed E-state index contributed by atoms with van der Waals surface area (Å²) < 4.78 is 5.33. The van der Waals surface area contributed by atoms with Crippen LogP contribution in [-0.4, -0.2) is 47.3 Å². The quantitative estimate of drug-likeness (QED) is 0.822. The van der Waals surface area contributed by atoms with E-state index < -0.39 is 5.60 Å². The van der Waals surface area contributed by atoms with Crippen molar-refractivity contribution in [3.8, 4) is 0 Å². The molecule has 0 bridgehead atoms. The summed E-state index contributed by atoms with van der Waals surface area (Å²) in [7, 11) is 0. The van der Waals surface area contributed by atoms with Gasteiger partial charge in [0, 0.05) is 25.7 Å². The number of para-hydroxylation sites is 2. The molecule has 2 N–H and O–H groups in total. The molecular weight excluding hydrogens is 354 g/mol. The lowest BCUT2D eigenvalue weighted by atomic mass is 10.1. The normalized spacial score (nSPS) is 19.7. The van der Waals surface area contributed by atoms with E-state index >= 15 is 0 Å². The van der Waals surface area contributed by atoms with E-state index in [1.165, 1.54) is 12.8 Å². The molecule has 7 heteroatoms. The largest absolute Gasteiger partial charge is 0.444 e. The van der Waals surface area contributed by atoms with Gasteiger partial charge in [-0.3, -0.25) is 0 Å². The first-order valence-corrected chi connectivity index (χ1v) is 10.1. The highest BCUT2D eigenvalue weighted by Gasteiger charge is 2.29. The summed E-state index contributed by atoms with van der Waals surface area (Å²) in [6.45, 7) is 7.98. The molecule has 4 rings (SSSR count). The number of alkyl carbamates (subject to hydrolysis) is 1. The number of nitrogens with zero attached hydrogens (tertiary/aromatic N) is 3. The van der Waals surface area contributed by atoms with Gasteiger partial charge in [0.25, 0.3) is 0 Å². The van der Waals surface area contributed by atoms with Crippen molar-refractivity contribution in [3.63, 3.8) is 0 Å². The lowest BCUT2D eigenvalue weighted by Crippen LogP contribution is -2.36. The second-order valence-corrected chi connectivity index (χ2v) is 8.79. The Bertz CT molecular complexity index is 859. The first-order chi connectivity index (χ1) is 13.4. The number of carbonyl (C=O) groups is 1. The molecule has 0 radical (unpaired) electrons. The molecule has 1 aliphatic carbocycles.